The van der Waals surface area contributed by atoms with Crippen LogP contribution in [-0.4, -0.2) is 35.6 Å². The lowest BCUT2D eigenvalue weighted by Crippen LogP contribution is -2.39. The first-order chi connectivity index (χ1) is 19.0. The van der Waals surface area contributed by atoms with Crippen LogP contribution in [0.1, 0.15) is 36.8 Å². The van der Waals surface area contributed by atoms with Crippen LogP contribution in [0.4, 0.5) is 5.69 Å². The molecule has 0 radical (unpaired) electrons. The molecule has 1 saturated heterocycles. The molecule has 7 nitrogen and oxygen atoms in total. The standard InChI is InChI=1S/C31H25BrClNO6/c1-13-4-5-16(11-22(13)33)34-30(38)18-7-6-17-19(26(18)31(34)39)12-20-27(23(35)8-14(2)28(20)36)25(17)15-9-21(32)29(37)24(10-15)40-3/h4-6,8-11,18-19,25-26,37H,7,12H2,1-3H3. The van der Waals surface area contributed by atoms with Gasteiger partial charge in [0.25, 0.3) is 0 Å². The Kier molecular flexibility index (Phi) is 6.39. The molecule has 0 saturated carbocycles. The highest BCUT2D eigenvalue weighted by molar-refractivity contribution is 9.10. The number of allylic oxidation sites excluding steroid dienone is 6. The molecule has 1 heterocycles. The SMILES string of the molecule is COc1cc(C2C3=CCC4C(=O)N(c5ccc(C)c(Cl)c5)C(=O)C4C3CC3=C2C(=O)C=C(C)C3=O)cc(Br)c1O. The van der Waals surface area contributed by atoms with E-state index < -0.39 is 23.7 Å². The number of aromatic hydroxyl groups is 1. The number of hydrogen-bond donors (Lipinski definition) is 1. The van der Waals surface area contributed by atoms with Crippen LogP contribution in [0.3, 0.4) is 0 Å². The molecular weight excluding hydrogens is 598 g/mol. The Hall–Kier alpha value is -3.49. The molecule has 2 amide bonds. The fourth-order valence-corrected chi connectivity index (χ4v) is 7.29. The zero-order chi connectivity index (χ0) is 28.6. The van der Waals surface area contributed by atoms with Gasteiger partial charge in [0.15, 0.2) is 23.1 Å². The number of aryl methyl sites for hydroxylation is 1. The third kappa shape index (κ3) is 3.84. The van der Waals surface area contributed by atoms with Crippen LogP contribution in [0.25, 0.3) is 0 Å². The van der Waals surface area contributed by atoms with Crippen molar-refractivity contribution >= 4 is 56.6 Å². The number of carbonyl (C=O) groups is 4. The minimum atomic E-state index is -0.694. The van der Waals surface area contributed by atoms with Crippen molar-refractivity contribution in [1.29, 1.82) is 0 Å². The summed E-state index contributed by atoms with van der Waals surface area (Å²) in [5, 5.41) is 10.9. The number of imide groups is 1. The Labute approximate surface area is 244 Å². The maximum atomic E-state index is 14.0. The number of amides is 2. The maximum absolute atomic E-state index is 14.0. The van der Waals surface area contributed by atoms with Gasteiger partial charge in [0.05, 0.1) is 29.1 Å². The lowest BCUT2D eigenvalue weighted by Gasteiger charge is -2.42. The van der Waals surface area contributed by atoms with Crippen molar-refractivity contribution in [2.24, 2.45) is 17.8 Å². The van der Waals surface area contributed by atoms with Crippen molar-refractivity contribution in [3.63, 3.8) is 0 Å². The van der Waals surface area contributed by atoms with Crippen LogP contribution in [0.5, 0.6) is 11.5 Å². The van der Waals surface area contributed by atoms with Crippen molar-refractivity contribution < 1.29 is 29.0 Å². The number of phenols is 1. The molecule has 4 atom stereocenters. The van der Waals surface area contributed by atoms with Gasteiger partial charge < -0.3 is 9.84 Å². The number of rotatable bonds is 3. The molecule has 1 aliphatic heterocycles. The number of ketones is 2. The third-order valence-electron chi connectivity index (χ3n) is 8.58. The topological polar surface area (TPSA) is 101 Å². The van der Waals surface area contributed by atoms with Crippen molar-refractivity contribution in [2.75, 3.05) is 12.0 Å². The van der Waals surface area contributed by atoms with E-state index in [9.17, 15) is 24.3 Å². The van der Waals surface area contributed by atoms with E-state index in [0.717, 1.165) is 11.1 Å². The smallest absolute Gasteiger partial charge is 0.238 e. The molecule has 4 aliphatic rings. The Morgan fingerprint density at radius 2 is 1.80 bits per heavy atom. The molecule has 2 aromatic rings. The molecule has 3 aliphatic carbocycles. The molecule has 0 bridgehead atoms. The lowest BCUT2D eigenvalue weighted by molar-refractivity contribution is -0.123. The summed E-state index contributed by atoms with van der Waals surface area (Å²) in [5.41, 5.74) is 3.79. The Morgan fingerprint density at radius 1 is 1.05 bits per heavy atom. The number of benzene rings is 2. The number of halogens is 2. The lowest BCUT2D eigenvalue weighted by atomic mass is 9.59. The van der Waals surface area contributed by atoms with Crippen molar-refractivity contribution in [3.8, 4) is 11.5 Å². The molecule has 4 unspecified atom stereocenters. The van der Waals surface area contributed by atoms with Gasteiger partial charge in [0.2, 0.25) is 11.8 Å². The van der Waals surface area contributed by atoms with Gasteiger partial charge in [0.1, 0.15) is 0 Å². The largest absolute Gasteiger partial charge is 0.503 e. The fraction of sp³-hybridized carbons (Fsp3) is 0.290. The number of ether oxygens (including phenoxy) is 1. The maximum Gasteiger partial charge on any atom is 0.238 e. The molecule has 0 aromatic heterocycles. The van der Waals surface area contributed by atoms with Crippen LogP contribution in [0.2, 0.25) is 5.02 Å². The summed E-state index contributed by atoms with van der Waals surface area (Å²) in [5.74, 6) is -3.39. The fourth-order valence-electron chi connectivity index (χ4n) is 6.65. The number of carbonyl (C=O) groups excluding carboxylic acids is 4. The number of phenolic OH excluding ortho intramolecular Hbond substituents is 1. The Balaban J connectivity index is 1.50. The van der Waals surface area contributed by atoms with Crippen LogP contribution in [0, 0.1) is 24.7 Å². The van der Waals surface area contributed by atoms with E-state index in [4.69, 9.17) is 16.3 Å². The predicted molar refractivity (Wildman–Crippen MR) is 152 cm³/mol. The summed E-state index contributed by atoms with van der Waals surface area (Å²) in [7, 11) is 1.43. The van der Waals surface area contributed by atoms with E-state index in [1.165, 1.54) is 18.1 Å². The molecule has 0 spiro atoms. The quantitative estimate of drug-likeness (QED) is 0.266. The highest BCUT2D eigenvalue weighted by Gasteiger charge is 2.56. The van der Waals surface area contributed by atoms with E-state index in [0.29, 0.717) is 43.9 Å². The van der Waals surface area contributed by atoms with Crippen molar-refractivity contribution in [2.45, 2.75) is 32.6 Å². The average Bonchev–Trinajstić information content (AvgIpc) is 3.18. The summed E-state index contributed by atoms with van der Waals surface area (Å²) < 4.78 is 5.75. The van der Waals surface area contributed by atoms with E-state index in [1.54, 1.807) is 37.3 Å². The average molecular weight is 623 g/mol. The minimum Gasteiger partial charge on any atom is -0.503 e. The molecule has 204 valence electrons. The Morgan fingerprint density at radius 3 is 2.50 bits per heavy atom. The first-order valence-corrected chi connectivity index (χ1v) is 14.1. The van der Waals surface area contributed by atoms with E-state index in [1.807, 2.05) is 13.0 Å². The number of anilines is 1. The summed E-state index contributed by atoms with van der Waals surface area (Å²) in [6.45, 7) is 3.46. The number of fused-ring (bicyclic) bond motifs is 3. The number of nitrogens with zero attached hydrogens (tertiary/aromatic N) is 1. The van der Waals surface area contributed by atoms with E-state index in [2.05, 4.69) is 15.9 Å². The van der Waals surface area contributed by atoms with Crippen LogP contribution in [-0.2, 0) is 19.2 Å². The molecular formula is C31H25BrClNO6. The second kappa shape index (κ2) is 9.56. The summed E-state index contributed by atoms with van der Waals surface area (Å²) in [6, 6.07) is 8.46. The van der Waals surface area contributed by atoms with Crippen LogP contribution >= 0.6 is 27.5 Å². The number of Topliss-reactive ketones (excluding diaryl/α,β-unsaturated/α-hetero) is 1. The normalized spacial score (nSPS) is 25.9. The zero-order valence-corrected chi connectivity index (χ0v) is 24.3. The van der Waals surface area contributed by atoms with Gasteiger partial charge in [-0.05, 0) is 90.0 Å². The Bertz CT molecular complexity index is 1650. The van der Waals surface area contributed by atoms with Gasteiger partial charge in [-0.1, -0.05) is 29.3 Å². The highest BCUT2D eigenvalue weighted by atomic mass is 79.9. The zero-order valence-electron chi connectivity index (χ0n) is 22.0. The second-order valence-corrected chi connectivity index (χ2v) is 12.0. The van der Waals surface area contributed by atoms with Gasteiger partial charge in [0, 0.05) is 27.7 Å². The van der Waals surface area contributed by atoms with Gasteiger partial charge in [-0.25, -0.2) is 4.90 Å². The predicted octanol–water partition coefficient (Wildman–Crippen LogP) is 5.76. The van der Waals surface area contributed by atoms with Gasteiger partial charge in [-0.15, -0.1) is 0 Å². The van der Waals surface area contributed by atoms with Crippen LogP contribution in [0.15, 0.2) is 69.2 Å². The first kappa shape index (κ1) is 26.7. The number of methoxy groups -OCH3 is 1. The van der Waals surface area contributed by atoms with E-state index >= 15 is 0 Å². The molecule has 1 N–H and O–H groups in total. The van der Waals surface area contributed by atoms with Crippen molar-refractivity contribution in [3.05, 3.63) is 85.4 Å². The van der Waals surface area contributed by atoms with E-state index in [-0.39, 0.29) is 41.3 Å². The third-order valence-corrected chi connectivity index (χ3v) is 9.59. The highest BCUT2D eigenvalue weighted by Crippen LogP contribution is 2.56. The molecule has 2 aromatic carbocycles. The number of hydrogen-bond acceptors (Lipinski definition) is 6. The monoisotopic (exact) mass is 621 g/mol. The summed E-state index contributed by atoms with van der Waals surface area (Å²) in [6.07, 6.45) is 3.82. The minimum absolute atomic E-state index is 0.0868. The van der Waals surface area contributed by atoms with Crippen molar-refractivity contribution in [1.82, 2.24) is 0 Å². The molecule has 6 rings (SSSR count). The van der Waals surface area contributed by atoms with Gasteiger partial charge in [-0.3, -0.25) is 19.2 Å². The van der Waals surface area contributed by atoms with Gasteiger partial charge >= 0.3 is 0 Å². The first-order valence-electron chi connectivity index (χ1n) is 12.9. The second-order valence-electron chi connectivity index (χ2n) is 10.7. The summed E-state index contributed by atoms with van der Waals surface area (Å²) >= 11 is 9.71. The molecule has 1 fully saturated rings. The molecule has 40 heavy (non-hydrogen) atoms. The van der Waals surface area contributed by atoms with Crippen LogP contribution < -0.4 is 9.64 Å². The summed E-state index contributed by atoms with van der Waals surface area (Å²) in [4.78, 5) is 55.7. The van der Waals surface area contributed by atoms with Gasteiger partial charge in [-0.2, -0.15) is 0 Å². The molecule has 9 heteroatoms.